The molecule has 0 bridgehead atoms. The van der Waals surface area contributed by atoms with Gasteiger partial charge in [-0.2, -0.15) is 4.98 Å². The summed E-state index contributed by atoms with van der Waals surface area (Å²) in [6.45, 7) is 7.26. The fourth-order valence-electron chi connectivity index (χ4n) is 1.33. The second kappa shape index (κ2) is 6.27. The molecule has 90 valence electrons. The molecule has 0 aliphatic rings. The molecule has 0 spiro atoms. The summed E-state index contributed by atoms with van der Waals surface area (Å²) < 4.78 is 10.5. The lowest BCUT2D eigenvalue weighted by Gasteiger charge is -2.13. The van der Waals surface area contributed by atoms with Gasteiger partial charge in [0.2, 0.25) is 5.88 Å². The number of hydrogen-bond acceptors (Lipinski definition) is 5. The lowest BCUT2D eigenvalue weighted by atomic mass is 10.4. The molecular weight excluding hydrogens is 206 g/mol. The molecule has 0 aliphatic carbocycles. The van der Waals surface area contributed by atoms with Crippen LogP contribution in [-0.4, -0.2) is 36.3 Å². The van der Waals surface area contributed by atoms with E-state index >= 15 is 0 Å². The van der Waals surface area contributed by atoms with Gasteiger partial charge in [-0.15, -0.1) is 0 Å². The van der Waals surface area contributed by atoms with E-state index < -0.39 is 0 Å². The molecule has 5 heteroatoms. The molecule has 0 amide bonds. The van der Waals surface area contributed by atoms with Crippen LogP contribution in [0.5, 0.6) is 5.88 Å². The lowest BCUT2D eigenvalue weighted by Crippen LogP contribution is -2.20. The van der Waals surface area contributed by atoms with Crippen molar-refractivity contribution in [3.63, 3.8) is 0 Å². The van der Waals surface area contributed by atoms with Gasteiger partial charge in [0.1, 0.15) is 11.6 Å². The van der Waals surface area contributed by atoms with E-state index in [1.165, 1.54) is 0 Å². The molecule has 1 aromatic rings. The summed E-state index contributed by atoms with van der Waals surface area (Å²) in [6.07, 6.45) is 0.159. The van der Waals surface area contributed by atoms with Crippen LogP contribution in [0.15, 0.2) is 6.07 Å². The van der Waals surface area contributed by atoms with Crippen LogP contribution in [0.4, 0.5) is 5.82 Å². The second-order valence-electron chi connectivity index (χ2n) is 3.49. The number of aryl methyl sites for hydroxylation is 1. The van der Waals surface area contributed by atoms with Gasteiger partial charge in [0, 0.05) is 19.2 Å². The Balaban J connectivity index is 2.56. The van der Waals surface area contributed by atoms with Gasteiger partial charge in [0.25, 0.3) is 0 Å². The average Bonchev–Trinajstić information content (AvgIpc) is 2.26. The van der Waals surface area contributed by atoms with Crippen molar-refractivity contribution >= 4 is 5.82 Å². The Morgan fingerprint density at radius 1 is 1.44 bits per heavy atom. The molecule has 0 aliphatic heterocycles. The Labute approximate surface area is 96.2 Å². The van der Waals surface area contributed by atoms with E-state index in [0.717, 1.165) is 12.4 Å². The monoisotopic (exact) mass is 225 g/mol. The zero-order valence-electron chi connectivity index (χ0n) is 10.3. The molecule has 16 heavy (non-hydrogen) atoms. The number of rotatable bonds is 6. The average molecular weight is 225 g/mol. The first-order valence-electron chi connectivity index (χ1n) is 5.40. The highest BCUT2D eigenvalue weighted by molar-refractivity contribution is 5.38. The van der Waals surface area contributed by atoms with Crippen molar-refractivity contribution in [3.8, 4) is 5.88 Å². The summed E-state index contributed by atoms with van der Waals surface area (Å²) in [7, 11) is 1.59. The molecule has 1 aromatic heterocycles. The van der Waals surface area contributed by atoms with Gasteiger partial charge in [0.15, 0.2) is 0 Å². The minimum absolute atomic E-state index is 0.159. The van der Waals surface area contributed by atoms with Crippen molar-refractivity contribution in [3.05, 3.63) is 11.9 Å². The number of methoxy groups -OCH3 is 1. The normalized spacial score (nSPS) is 12.2. The van der Waals surface area contributed by atoms with E-state index in [4.69, 9.17) is 9.47 Å². The Morgan fingerprint density at radius 2 is 2.19 bits per heavy atom. The predicted octanol–water partition coefficient (Wildman–Crippen LogP) is 1.63. The topological polar surface area (TPSA) is 56.3 Å². The van der Waals surface area contributed by atoms with Crippen molar-refractivity contribution in [2.24, 2.45) is 0 Å². The van der Waals surface area contributed by atoms with Gasteiger partial charge in [-0.1, -0.05) is 0 Å². The van der Waals surface area contributed by atoms with Crippen molar-refractivity contribution in [1.29, 1.82) is 0 Å². The molecule has 0 aromatic carbocycles. The molecular formula is C11H19N3O2. The third-order valence-corrected chi connectivity index (χ3v) is 2.05. The number of nitrogens with zero attached hydrogens (tertiary/aromatic N) is 2. The molecule has 0 saturated heterocycles. The summed E-state index contributed by atoms with van der Waals surface area (Å²) in [5.41, 5.74) is 0. The number of anilines is 1. The molecule has 0 saturated carbocycles. The van der Waals surface area contributed by atoms with Crippen LogP contribution in [0.1, 0.15) is 19.7 Å². The molecule has 1 rings (SSSR count). The highest BCUT2D eigenvalue weighted by Gasteiger charge is 2.04. The number of nitrogens with one attached hydrogen (secondary N) is 1. The molecule has 1 N–H and O–H groups in total. The van der Waals surface area contributed by atoms with Gasteiger partial charge in [-0.05, 0) is 20.8 Å². The molecule has 1 heterocycles. The minimum Gasteiger partial charge on any atom is -0.481 e. The maximum absolute atomic E-state index is 5.41. The Bertz CT molecular complexity index is 331. The summed E-state index contributed by atoms with van der Waals surface area (Å²) in [5.74, 6) is 2.01. The second-order valence-corrected chi connectivity index (χ2v) is 3.49. The van der Waals surface area contributed by atoms with Crippen LogP contribution in [-0.2, 0) is 4.74 Å². The molecule has 1 unspecified atom stereocenters. The third kappa shape index (κ3) is 4.02. The summed E-state index contributed by atoms with van der Waals surface area (Å²) in [4.78, 5) is 8.37. The van der Waals surface area contributed by atoms with E-state index in [2.05, 4.69) is 15.3 Å². The van der Waals surface area contributed by atoms with Gasteiger partial charge in [-0.3, -0.25) is 0 Å². The van der Waals surface area contributed by atoms with Gasteiger partial charge in [-0.25, -0.2) is 4.98 Å². The maximum Gasteiger partial charge on any atom is 0.218 e. The maximum atomic E-state index is 5.41. The predicted molar refractivity (Wildman–Crippen MR) is 62.9 cm³/mol. The van der Waals surface area contributed by atoms with E-state index in [1.54, 1.807) is 13.2 Å². The van der Waals surface area contributed by atoms with Crippen LogP contribution in [0.3, 0.4) is 0 Å². The summed E-state index contributed by atoms with van der Waals surface area (Å²) in [6, 6.07) is 1.77. The standard InChI is InChI=1S/C11H19N3O2/c1-5-16-8(2)7-12-10-6-11(15-4)14-9(3)13-10/h6,8H,5,7H2,1-4H3,(H,12,13,14). The summed E-state index contributed by atoms with van der Waals surface area (Å²) >= 11 is 0. The van der Waals surface area contributed by atoms with E-state index in [1.807, 2.05) is 20.8 Å². The molecule has 0 fully saturated rings. The Kier molecular flexibility index (Phi) is 4.98. The van der Waals surface area contributed by atoms with E-state index in [-0.39, 0.29) is 6.10 Å². The van der Waals surface area contributed by atoms with Crippen LogP contribution >= 0.6 is 0 Å². The zero-order chi connectivity index (χ0) is 12.0. The number of ether oxygens (including phenoxy) is 2. The smallest absolute Gasteiger partial charge is 0.218 e. The van der Waals surface area contributed by atoms with Gasteiger partial charge >= 0.3 is 0 Å². The number of hydrogen-bond donors (Lipinski definition) is 1. The first kappa shape index (κ1) is 12.7. The molecule has 1 atom stereocenters. The third-order valence-electron chi connectivity index (χ3n) is 2.05. The SMILES string of the molecule is CCOC(C)CNc1cc(OC)nc(C)n1. The fourth-order valence-corrected chi connectivity index (χ4v) is 1.33. The quantitative estimate of drug-likeness (QED) is 0.797. The first-order chi connectivity index (χ1) is 7.65. The van der Waals surface area contributed by atoms with Crippen molar-refractivity contribution in [2.75, 3.05) is 25.6 Å². The largest absolute Gasteiger partial charge is 0.481 e. The van der Waals surface area contributed by atoms with E-state index in [0.29, 0.717) is 18.2 Å². The van der Waals surface area contributed by atoms with Crippen LogP contribution in [0, 0.1) is 6.92 Å². The van der Waals surface area contributed by atoms with Crippen molar-refractivity contribution in [1.82, 2.24) is 9.97 Å². The van der Waals surface area contributed by atoms with Crippen molar-refractivity contribution in [2.45, 2.75) is 26.9 Å². The highest BCUT2D eigenvalue weighted by Crippen LogP contribution is 2.12. The Morgan fingerprint density at radius 3 is 2.81 bits per heavy atom. The lowest BCUT2D eigenvalue weighted by molar-refractivity contribution is 0.0854. The van der Waals surface area contributed by atoms with Crippen LogP contribution in [0.25, 0.3) is 0 Å². The fraction of sp³-hybridized carbons (Fsp3) is 0.636. The zero-order valence-corrected chi connectivity index (χ0v) is 10.3. The number of aromatic nitrogens is 2. The highest BCUT2D eigenvalue weighted by atomic mass is 16.5. The summed E-state index contributed by atoms with van der Waals surface area (Å²) in [5, 5.41) is 3.19. The van der Waals surface area contributed by atoms with Gasteiger partial charge < -0.3 is 14.8 Å². The first-order valence-corrected chi connectivity index (χ1v) is 5.40. The van der Waals surface area contributed by atoms with Crippen LogP contribution in [0.2, 0.25) is 0 Å². The van der Waals surface area contributed by atoms with Crippen molar-refractivity contribution < 1.29 is 9.47 Å². The van der Waals surface area contributed by atoms with E-state index in [9.17, 15) is 0 Å². The molecule has 5 nitrogen and oxygen atoms in total. The minimum atomic E-state index is 0.159. The van der Waals surface area contributed by atoms with Crippen LogP contribution < -0.4 is 10.1 Å². The molecule has 0 radical (unpaired) electrons. The van der Waals surface area contributed by atoms with Gasteiger partial charge in [0.05, 0.1) is 13.2 Å². The Hall–Kier alpha value is -1.36.